The summed E-state index contributed by atoms with van der Waals surface area (Å²) in [7, 11) is 0. The Kier molecular flexibility index (Phi) is 5.82. The first-order valence-corrected chi connectivity index (χ1v) is 10.3. The van der Waals surface area contributed by atoms with E-state index in [-0.39, 0.29) is 6.04 Å². The monoisotopic (exact) mass is 366 g/mol. The normalized spacial score (nSPS) is 20.3. The number of nitrogens with zero attached hydrogens (tertiary/aromatic N) is 6. The fourth-order valence-corrected chi connectivity index (χ4v) is 4.20. The molecule has 2 fully saturated rings. The number of likely N-dealkylation sites (tertiary alicyclic amines) is 2. The summed E-state index contributed by atoms with van der Waals surface area (Å²) in [5.74, 6) is 0.638. The second-order valence-electron chi connectivity index (χ2n) is 7.63. The third-order valence-electron chi connectivity index (χ3n) is 5.76. The molecule has 2 aliphatic heterocycles. The van der Waals surface area contributed by atoms with E-state index < -0.39 is 0 Å². The van der Waals surface area contributed by atoms with Crippen LogP contribution in [0.4, 0.5) is 0 Å². The van der Waals surface area contributed by atoms with Gasteiger partial charge in [0.25, 0.3) is 5.95 Å². The van der Waals surface area contributed by atoms with Crippen LogP contribution >= 0.6 is 0 Å². The highest BCUT2D eigenvalue weighted by molar-refractivity contribution is 5.29. The van der Waals surface area contributed by atoms with E-state index in [0.717, 1.165) is 18.8 Å². The molecule has 4 rings (SSSR count). The number of hydrogen-bond donors (Lipinski definition) is 0. The lowest BCUT2D eigenvalue weighted by Crippen LogP contribution is -2.33. The van der Waals surface area contributed by atoms with Gasteiger partial charge in [-0.2, -0.15) is 5.10 Å². The highest BCUT2D eigenvalue weighted by Gasteiger charge is 2.24. The Labute approximate surface area is 161 Å². The van der Waals surface area contributed by atoms with Gasteiger partial charge in [0.15, 0.2) is 0 Å². The maximum atomic E-state index is 4.61. The van der Waals surface area contributed by atoms with Gasteiger partial charge in [0.1, 0.15) is 0 Å². The number of piperidine rings is 2. The van der Waals surface area contributed by atoms with Crippen LogP contribution < -0.4 is 0 Å². The fraction of sp³-hybridized carbons (Fsp3) is 0.571. The Bertz CT molecular complexity index is 741. The molecule has 0 radical (unpaired) electrons. The molecule has 4 heterocycles. The zero-order valence-corrected chi connectivity index (χ0v) is 16.3. The highest BCUT2D eigenvalue weighted by Crippen LogP contribution is 2.29. The lowest BCUT2D eigenvalue weighted by atomic mass is 10.0. The van der Waals surface area contributed by atoms with Gasteiger partial charge in [0.05, 0.1) is 12.2 Å². The van der Waals surface area contributed by atoms with E-state index in [1.165, 1.54) is 57.2 Å². The Balaban J connectivity index is 1.62. The molecule has 2 saturated heterocycles. The van der Waals surface area contributed by atoms with E-state index in [9.17, 15) is 0 Å². The van der Waals surface area contributed by atoms with Crippen molar-refractivity contribution in [3.05, 3.63) is 48.2 Å². The quantitative estimate of drug-likeness (QED) is 0.811. The van der Waals surface area contributed by atoms with Crippen LogP contribution in [0.3, 0.4) is 0 Å². The molecule has 0 aliphatic carbocycles. The zero-order chi connectivity index (χ0) is 18.5. The van der Waals surface area contributed by atoms with Crippen molar-refractivity contribution >= 4 is 0 Å². The Morgan fingerprint density at radius 2 is 1.59 bits per heavy atom. The predicted molar refractivity (Wildman–Crippen MR) is 107 cm³/mol. The molecule has 6 nitrogen and oxygen atoms in total. The van der Waals surface area contributed by atoms with Crippen molar-refractivity contribution in [2.45, 2.75) is 51.5 Å². The Morgan fingerprint density at radius 1 is 0.926 bits per heavy atom. The summed E-state index contributed by atoms with van der Waals surface area (Å²) >= 11 is 0. The van der Waals surface area contributed by atoms with Gasteiger partial charge in [-0.3, -0.25) is 4.90 Å². The topological polar surface area (TPSA) is 50.1 Å². The first kappa shape index (κ1) is 18.2. The van der Waals surface area contributed by atoms with Crippen LogP contribution in [-0.2, 0) is 0 Å². The number of aromatic nitrogens is 4. The Hall–Kier alpha value is -2.21. The molecule has 0 spiro atoms. The van der Waals surface area contributed by atoms with Gasteiger partial charge in [-0.05, 0) is 70.5 Å². The maximum Gasteiger partial charge on any atom is 0.250 e. The van der Waals surface area contributed by atoms with Crippen LogP contribution in [0, 0.1) is 6.92 Å². The molecule has 2 aliphatic rings. The minimum absolute atomic E-state index is 0.268. The van der Waals surface area contributed by atoms with E-state index in [4.69, 9.17) is 0 Å². The molecule has 1 atom stereocenters. The molecule has 0 saturated carbocycles. The fourth-order valence-electron chi connectivity index (χ4n) is 4.20. The largest absolute Gasteiger partial charge is 0.378 e. The van der Waals surface area contributed by atoms with Crippen LogP contribution in [-0.4, -0.2) is 55.7 Å². The average Bonchev–Trinajstić information content (AvgIpc) is 3.12. The van der Waals surface area contributed by atoms with Gasteiger partial charge in [0, 0.05) is 36.7 Å². The van der Waals surface area contributed by atoms with Crippen molar-refractivity contribution in [1.82, 2.24) is 29.5 Å². The molecule has 0 amide bonds. The SMILES string of the molecule is Cc1c(C(/C=C/N2CCCCC2)N2CCCCC2)cnn1-c1ncccn1. The van der Waals surface area contributed by atoms with Crippen LogP contribution in [0.2, 0.25) is 0 Å². The van der Waals surface area contributed by atoms with Crippen molar-refractivity contribution in [2.24, 2.45) is 0 Å². The van der Waals surface area contributed by atoms with Crippen molar-refractivity contribution in [1.29, 1.82) is 0 Å². The zero-order valence-electron chi connectivity index (χ0n) is 16.3. The highest BCUT2D eigenvalue weighted by atomic mass is 15.3. The van der Waals surface area contributed by atoms with E-state index in [0.29, 0.717) is 5.95 Å². The molecule has 144 valence electrons. The van der Waals surface area contributed by atoms with Gasteiger partial charge < -0.3 is 4.90 Å². The molecule has 2 aromatic rings. The van der Waals surface area contributed by atoms with E-state index >= 15 is 0 Å². The lowest BCUT2D eigenvalue weighted by molar-refractivity contribution is 0.189. The molecular formula is C21H30N6. The summed E-state index contributed by atoms with van der Waals surface area (Å²) in [6.45, 7) is 6.80. The van der Waals surface area contributed by atoms with E-state index in [2.05, 4.69) is 44.1 Å². The maximum absolute atomic E-state index is 4.61. The van der Waals surface area contributed by atoms with Gasteiger partial charge >= 0.3 is 0 Å². The molecule has 0 bridgehead atoms. The third kappa shape index (κ3) is 4.21. The molecule has 1 unspecified atom stereocenters. The second-order valence-corrected chi connectivity index (χ2v) is 7.63. The molecular weight excluding hydrogens is 336 g/mol. The molecule has 0 N–H and O–H groups in total. The van der Waals surface area contributed by atoms with Crippen LogP contribution in [0.1, 0.15) is 55.8 Å². The van der Waals surface area contributed by atoms with Gasteiger partial charge in [-0.1, -0.05) is 6.42 Å². The van der Waals surface area contributed by atoms with Crippen LogP contribution in [0.5, 0.6) is 0 Å². The lowest BCUT2D eigenvalue weighted by Gasteiger charge is -2.33. The summed E-state index contributed by atoms with van der Waals surface area (Å²) in [6.07, 6.45) is 18.1. The number of rotatable bonds is 5. The summed E-state index contributed by atoms with van der Waals surface area (Å²) in [5, 5.41) is 4.61. The van der Waals surface area contributed by atoms with Crippen molar-refractivity contribution in [3.63, 3.8) is 0 Å². The smallest absolute Gasteiger partial charge is 0.250 e. The van der Waals surface area contributed by atoms with E-state index in [1.54, 1.807) is 12.4 Å². The third-order valence-corrected chi connectivity index (χ3v) is 5.76. The predicted octanol–water partition coefficient (Wildman–Crippen LogP) is 3.50. The minimum atomic E-state index is 0.268. The molecule has 0 aromatic carbocycles. The van der Waals surface area contributed by atoms with Gasteiger partial charge in [-0.25, -0.2) is 14.6 Å². The molecule has 2 aromatic heterocycles. The summed E-state index contributed by atoms with van der Waals surface area (Å²) < 4.78 is 1.86. The molecule has 27 heavy (non-hydrogen) atoms. The minimum Gasteiger partial charge on any atom is -0.378 e. The Morgan fingerprint density at radius 3 is 2.30 bits per heavy atom. The van der Waals surface area contributed by atoms with Crippen LogP contribution in [0.15, 0.2) is 36.9 Å². The van der Waals surface area contributed by atoms with Crippen molar-refractivity contribution in [2.75, 3.05) is 26.2 Å². The first-order valence-electron chi connectivity index (χ1n) is 10.3. The van der Waals surface area contributed by atoms with Crippen molar-refractivity contribution in [3.8, 4) is 5.95 Å². The molecule has 6 heteroatoms. The number of hydrogen-bond acceptors (Lipinski definition) is 5. The standard InChI is InChI=1S/C21H30N6/c1-18-19(17-24-27(18)21-22-10-8-11-23-21)20(26-14-6-3-7-15-26)9-16-25-12-4-2-5-13-25/h8-11,16-17,20H,2-7,12-15H2,1H3/b16-9+. The first-order chi connectivity index (χ1) is 13.3. The summed E-state index contributed by atoms with van der Waals surface area (Å²) in [4.78, 5) is 13.8. The van der Waals surface area contributed by atoms with E-state index in [1.807, 2.05) is 16.9 Å². The van der Waals surface area contributed by atoms with Gasteiger partial charge in [-0.15, -0.1) is 0 Å². The second kappa shape index (κ2) is 8.65. The average molecular weight is 367 g/mol. The summed E-state index contributed by atoms with van der Waals surface area (Å²) in [6, 6.07) is 2.10. The summed E-state index contributed by atoms with van der Waals surface area (Å²) in [5.41, 5.74) is 2.39. The van der Waals surface area contributed by atoms with Crippen molar-refractivity contribution < 1.29 is 0 Å². The van der Waals surface area contributed by atoms with Gasteiger partial charge in [0.2, 0.25) is 0 Å². The van der Waals surface area contributed by atoms with Crippen LogP contribution in [0.25, 0.3) is 5.95 Å².